The molecule has 0 saturated carbocycles. The zero-order valence-corrected chi connectivity index (χ0v) is 11.3. The van der Waals surface area contributed by atoms with Crippen LogP contribution in [0.3, 0.4) is 0 Å². The molecule has 0 radical (unpaired) electrons. The number of fused-ring (bicyclic) bond motifs is 1. The number of H-pyrrole nitrogens is 1. The minimum absolute atomic E-state index is 0.227. The van der Waals surface area contributed by atoms with Crippen LogP contribution in [0.25, 0.3) is 21.7 Å². The van der Waals surface area contributed by atoms with E-state index in [1.807, 2.05) is 6.07 Å². The largest absolute Gasteiger partial charge is 0.478 e. The molecule has 3 rings (SSSR count). The maximum Gasteiger partial charge on any atom is 0.337 e. The van der Waals surface area contributed by atoms with Gasteiger partial charge < -0.3 is 10.1 Å². The summed E-state index contributed by atoms with van der Waals surface area (Å²) in [6.45, 7) is 4.12. The van der Waals surface area contributed by atoms with Crippen molar-refractivity contribution < 1.29 is 9.90 Å². The Balaban J connectivity index is 2.21. The first-order chi connectivity index (χ1) is 9.06. The SMILES string of the molecule is Cc1cc(-c2nc3c(C(=O)O)cccc3[nH]2)sc1C. The van der Waals surface area contributed by atoms with Gasteiger partial charge in [0, 0.05) is 4.88 Å². The van der Waals surface area contributed by atoms with Crippen molar-refractivity contribution in [2.45, 2.75) is 13.8 Å². The highest BCUT2D eigenvalue weighted by Gasteiger charge is 2.14. The van der Waals surface area contributed by atoms with Crippen LogP contribution in [0.15, 0.2) is 24.3 Å². The summed E-state index contributed by atoms with van der Waals surface area (Å²) in [6, 6.07) is 7.20. The molecule has 2 N–H and O–H groups in total. The van der Waals surface area contributed by atoms with E-state index in [1.165, 1.54) is 10.4 Å². The Kier molecular flexibility index (Phi) is 2.64. The highest BCUT2D eigenvalue weighted by Crippen LogP contribution is 2.30. The van der Waals surface area contributed by atoms with Crippen molar-refractivity contribution in [1.29, 1.82) is 0 Å². The molecule has 1 aromatic carbocycles. The van der Waals surface area contributed by atoms with E-state index in [4.69, 9.17) is 5.11 Å². The number of carboxylic acids is 1. The van der Waals surface area contributed by atoms with Crippen LogP contribution >= 0.6 is 11.3 Å². The molecule has 0 aliphatic heterocycles. The number of aromatic nitrogens is 2. The van der Waals surface area contributed by atoms with Crippen molar-refractivity contribution in [2.24, 2.45) is 0 Å². The summed E-state index contributed by atoms with van der Waals surface area (Å²) in [5, 5.41) is 9.16. The predicted octanol–water partition coefficient (Wildman–Crippen LogP) is 3.61. The van der Waals surface area contributed by atoms with Crippen LogP contribution in [-0.2, 0) is 0 Å². The molecule has 0 bridgehead atoms. The van der Waals surface area contributed by atoms with Crippen LogP contribution in [0.4, 0.5) is 0 Å². The number of rotatable bonds is 2. The number of hydrogen-bond donors (Lipinski definition) is 2. The molecule has 5 heteroatoms. The summed E-state index contributed by atoms with van der Waals surface area (Å²) in [7, 11) is 0. The van der Waals surface area contributed by atoms with Crippen molar-refractivity contribution in [2.75, 3.05) is 0 Å². The Morgan fingerprint density at radius 1 is 1.37 bits per heavy atom. The van der Waals surface area contributed by atoms with Gasteiger partial charge >= 0.3 is 5.97 Å². The zero-order chi connectivity index (χ0) is 13.6. The first kappa shape index (κ1) is 11.9. The van der Waals surface area contributed by atoms with Gasteiger partial charge in [0.2, 0.25) is 0 Å². The molecule has 0 spiro atoms. The first-order valence-corrected chi connectivity index (χ1v) is 6.67. The van der Waals surface area contributed by atoms with Gasteiger partial charge in [0.15, 0.2) is 0 Å². The van der Waals surface area contributed by atoms with Gasteiger partial charge in [0.1, 0.15) is 11.3 Å². The number of hydrogen-bond acceptors (Lipinski definition) is 3. The number of thiophene rings is 1. The van der Waals surface area contributed by atoms with Gasteiger partial charge in [0.25, 0.3) is 0 Å². The molecular weight excluding hydrogens is 260 g/mol. The van der Waals surface area contributed by atoms with E-state index in [-0.39, 0.29) is 5.56 Å². The molecule has 0 aliphatic carbocycles. The minimum atomic E-state index is -0.956. The number of aromatic amines is 1. The summed E-state index contributed by atoms with van der Waals surface area (Å²) in [5.41, 5.74) is 2.70. The second kappa shape index (κ2) is 4.20. The topological polar surface area (TPSA) is 66.0 Å². The third-order valence-electron chi connectivity index (χ3n) is 3.14. The molecule has 2 aromatic heterocycles. The Morgan fingerprint density at radius 2 is 2.16 bits per heavy atom. The number of carboxylic acid groups (broad SMARTS) is 1. The Morgan fingerprint density at radius 3 is 2.79 bits per heavy atom. The van der Waals surface area contributed by atoms with Gasteiger partial charge in [-0.25, -0.2) is 9.78 Å². The Bertz CT molecular complexity index is 766. The van der Waals surface area contributed by atoms with Crippen molar-refractivity contribution >= 4 is 28.3 Å². The first-order valence-electron chi connectivity index (χ1n) is 5.85. The summed E-state index contributed by atoms with van der Waals surface area (Å²) in [4.78, 5) is 21.1. The van der Waals surface area contributed by atoms with Gasteiger partial charge in [-0.2, -0.15) is 0 Å². The van der Waals surface area contributed by atoms with Crippen LogP contribution in [0, 0.1) is 13.8 Å². The molecule has 0 unspecified atom stereocenters. The molecule has 2 heterocycles. The molecule has 96 valence electrons. The van der Waals surface area contributed by atoms with Crippen molar-refractivity contribution in [3.63, 3.8) is 0 Å². The molecule has 3 aromatic rings. The number of nitrogens with one attached hydrogen (secondary N) is 1. The lowest BCUT2D eigenvalue weighted by Crippen LogP contribution is -1.96. The Hall–Kier alpha value is -2.14. The molecule has 4 nitrogen and oxygen atoms in total. The fraction of sp³-hybridized carbons (Fsp3) is 0.143. The smallest absolute Gasteiger partial charge is 0.337 e. The number of carbonyl (C=O) groups is 1. The summed E-state index contributed by atoms with van der Waals surface area (Å²) in [6.07, 6.45) is 0. The summed E-state index contributed by atoms with van der Waals surface area (Å²) in [5.74, 6) is -0.230. The quantitative estimate of drug-likeness (QED) is 0.749. The maximum absolute atomic E-state index is 11.2. The van der Waals surface area contributed by atoms with Crippen LogP contribution < -0.4 is 0 Å². The minimum Gasteiger partial charge on any atom is -0.478 e. The van der Waals surface area contributed by atoms with E-state index >= 15 is 0 Å². The lowest BCUT2D eigenvalue weighted by Gasteiger charge is -1.93. The second-order valence-electron chi connectivity index (χ2n) is 4.44. The van der Waals surface area contributed by atoms with Crippen LogP contribution in [0.1, 0.15) is 20.8 Å². The van der Waals surface area contributed by atoms with Gasteiger partial charge in [-0.15, -0.1) is 11.3 Å². The van der Waals surface area contributed by atoms with E-state index < -0.39 is 5.97 Å². The second-order valence-corrected chi connectivity index (χ2v) is 5.70. The number of aromatic carboxylic acids is 1. The zero-order valence-electron chi connectivity index (χ0n) is 10.5. The van der Waals surface area contributed by atoms with E-state index in [9.17, 15) is 4.79 Å². The maximum atomic E-state index is 11.2. The molecular formula is C14H12N2O2S. The van der Waals surface area contributed by atoms with E-state index in [0.29, 0.717) is 5.52 Å². The molecule has 19 heavy (non-hydrogen) atoms. The number of para-hydroxylation sites is 1. The third kappa shape index (κ3) is 1.92. The third-order valence-corrected chi connectivity index (χ3v) is 4.30. The molecule has 0 amide bonds. The fourth-order valence-corrected chi connectivity index (χ4v) is 2.99. The number of nitrogens with zero attached hydrogens (tertiary/aromatic N) is 1. The van der Waals surface area contributed by atoms with Gasteiger partial charge in [-0.3, -0.25) is 0 Å². The molecule has 0 atom stereocenters. The van der Waals surface area contributed by atoms with Gasteiger partial charge in [-0.1, -0.05) is 6.07 Å². The fourth-order valence-electron chi connectivity index (χ4n) is 2.01. The highest BCUT2D eigenvalue weighted by molar-refractivity contribution is 7.15. The number of benzene rings is 1. The van der Waals surface area contributed by atoms with Gasteiger partial charge in [0.05, 0.1) is 16.0 Å². The summed E-state index contributed by atoms with van der Waals surface area (Å²) < 4.78 is 0. The van der Waals surface area contributed by atoms with Gasteiger partial charge in [-0.05, 0) is 37.6 Å². The van der Waals surface area contributed by atoms with Crippen molar-refractivity contribution in [3.05, 3.63) is 40.3 Å². The average molecular weight is 272 g/mol. The van der Waals surface area contributed by atoms with E-state index in [2.05, 4.69) is 29.9 Å². The normalized spacial score (nSPS) is 11.1. The van der Waals surface area contributed by atoms with E-state index in [1.54, 1.807) is 23.5 Å². The molecule has 0 aliphatic rings. The lowest BCUT2D eigenvalue weighted by atomic mass is 10.2. The number of imidazole rings is 1. The van der Waals surface area contributed by atoms with Crippen LogP contribution in [0.2, 0.25) is 0 Å². The average Bonchev–Trinajstić information content (AvgIpc) is 2.93. The van der Waals surface area contributed by atoms with E-state index in [0.717, 1.165) is 16.2 Å². The van der Waals surface area contributed by atoms with Crippen LogP contribution in [0.5, 0.6) is 0 Å². The Labute approximate surface area is 113 Å². The molecule has 0 fully saturated rings. The summed E-state index contributed by atoms with van der Waals surface area (Å²) >= 11 is 1.66. The highest BCUT2D eigenvalue weighted by atomic mass is 32.1. The number of aryl methyl sites for hydroxylation is 2. The monoisotopic (exact) mass is 272 g/mol. The van der Waals surface area contributed by atoms with Crippen molar-refractivity contribution in [1.82, 2.24) is 9.97 Å². The molecule has 0 saturated heterocycles. The standard InChI is InChI=1S/C14H12N2O2S/c1-7-6-11(19-8(7)2)13-15-10-5-3-4-9(14(17)18)12(10)16-13/h3-6H,1-2H3,(H,15,16)(H,17,18). The lowest BCUT2D eigenvalue weighted by molar-refractivity contribution is 0.0699. The van der Waals surface area contributed by atoms with Crippen LogP contribution in [-0.4, -0.2) is 21.0 Å². The predicted molar refractivity (Wildman–Crippen MR) is 75.8 cm³/mol. The van der Waals surface area contributed by atoms with Crippen molar-refractivity contribution in [3.8, 4) is 10.7 Å².